The Labute approximate surface area is 83.9 Å². The minimum atomic E-state index is -0.108. The summed E-state index contributed by atoms with van der Waals surface area (Å²) in [5.41, 5.74) is 5.27. The van der Waals surface area contributed by atoms with Crippen molar-refractivity contribution in [1.82, 2.24) is 0 Å². The maximum absolute atomic E-state index is 10.9. The van der Waals surface area contributed by atoms with Gasteiger partial charge >= 0.3 is 83.8 Å². The predicted octanol–water partition coefficient (Wildman–Crippen LogP) is -2.08. The average molecular weight is 280 g/mol. The third kappa shape index (κ3) is 2.77. The Morgan fingerprint density at radius 1 is 1.50 bits per heavy atom. The van der Waals surface area contributed by atoms with E-state index >= 15 is 0 Å². The van der Waals surface area contributed by atoms with Crippen molar-refractivity contribution >= 4 is 5.91 Å². The van der Waals surface area contributed by atoms with Gasteiger partial charge in [-0.15, -0.1) is 0 Å². The summed E-state index contributed by atoms with van der Waals surface area (Å²) in [4.78, 5) is 10.9. The number of nitrogens with two attached hydrogens (primary N) is 1. The average Bonchev–Trinajstić information content (AvgIpc) is 2.28. The van der Waals surface area contributed by atoms with Gasteiger partial charge in [0.15, 0.2) is 0 Å². The SMILES string of the molecule is C=CC1CCC(C(N)=O)CC[I-]1. The monoisotopic (exact) mass is 280 g/mol. The van der Waals surface area contributed by atoms with E-state index in [1.165, 1.54) is 4.43 Å². The first-order valence-electron chi connectivity index (χ1n) is 4.23. The van der Waals surface area contributed by atoms with Crippen LogP contribution in [-0.4, -0.2) is 14.3 Å². The van der Waals surface area contributed by atoms with Crippen LogP contribution in [0, 0.1) is 5.92 Å². The van der Waals surface area contributed by atoms with E-state index in [0.29, 0.717) is 3.92 Å². The zero-order chi connectivity index (χ0) is 8.97. The fourth-order valence-corrected chi connectivity index (χ4v) is 4.45. The van der Waals surface area contributed by atoms with E-state index in [-0.39, 0.29) is 33.0 Å². The number of allylic oxidation sites excluding steroid dienone is 1. The molecule has 70 valence electrons. The minimum absolute atomic E-state index is 0.108. The molecule has 0 spiro atoms. The van der Waals surface area contributed by atoms with Gasteiger partial charge in [-0.3, -0.25) is 0 Å². The standard InChI is InChI=1S/C9H15INO/c1-2-8-4-3-7(9(11)12)5-6-10-8/h2,7-8H,1,3-6H2,(H2,11,12)/q-1. The first-order chi connectivity index (χ1) is 5.74. The van der Waals surface area contributed by atoms with Gasteiger partial charge < -0.3 is 0 Å². The molecule has 0 radical (unpaired) electrons. The molecule has 1 aliphatic heterocycles. The maximum atomic E-state index is 10.9. The van der Waals surface area contributed by atoms with Gasteiger partial charge in [0.25, 0.3) is 0 Å². The van der Waals surface area contributed by atoms with Crippen molar-refractivity contribution in [3.05, 3.63) is 12.7 Å². The van der Waals surface area contributed by atoms with E-state index in [2.05, 4.69) is 12.7 Å². The van der Waals surface area contributed by atoms with Crippen molar-refractivity contribution in [2.45, 2.75) is 23.2 Å². The second kappa shape index (κ2) is 4.84. The quantitative estimate of drug-likeness (QED) is 0.352. The molecule has 3 heteroatoms. The molecular weight excluding hydrogens is 265 g/mol. The molecule has 0 aromatic rings. The van der Waals surface area contributed by atoms with E-state index in [1.54, 1.807) is 0 Å². The zero-order valence-corrected chi connectivity index (χ0v) is 9.29. The summed E-state index contributed by atoms with van der Waals surface area (Å²) < 4.78 is 1.94. The fourth-order valence-electron chi connectivity index (χ4n) is 1.38. The van der Waals surface area contributed by atoms with E-state index < -0.39 is 0 Å². The second-order valence-corrected chi connectivity index (χ2v) is 6.62. The van der Waals surface area contributed by atoms with Gasteiger partial charge in [-0.05, 0) is 0 Å². The van der Waals surface area contributed by atoms with Crippen LogP contribution in [0.5, 0.6) is 0 Å². The van der Waals surface area contributed by atoms with E-state index in [1.807, 2.05) is 0 Å². The fraction of sp³-hybridized carbons (Fsp3) is 0.667. The van der Waals surface area contributed by atoms with Crippen molar-refractivity contribution < 1.29 is 26.0 Å². The summed E-state index contributed by atoms with van der Waals surface area (Å²) >= 11 is 0.243. The molecule has 1 rings (SSSR count). The molecule has 2 nitrogen and oxygen atoms in total. The molecule has 12 heavy (non-hydrogen) atoms. The molecular formula is C9H15INO-. The van der Waals surface area contributed by atoms with Crippen molar-refractivity contribution in [2.75, 3.05) is 4.43 Å². The molecule has 0 aromatic carbocycles. The molecule has 1 amide bonds. The number of rotatable bonds is 2. The number of primary amides is 1. The Morgan fingerprint density at radius 3 is 2.83 bits per heavy atom. The van der Waals surface area contributed by atoms with Crippen molar-refractivity contribution in [2.24, 2.45) is 11.7 Å². The Balaban J connectivity index is 2.44. The second-order valence-electron chi connectivity index (χ2n) is 3.06. The number of halogens is 1. The number of carbonyl (C=O) groups excluding carboxylic acids is 1. The Bertz CT molecular complexity index is 181. The number of amides is 1. The molecule has 0 aromatic heterocycles. The van der Waals surface area contributed by atoms with Gasteiger partial charge in [0, 0.05) is 0 Å². The van der Waals surface area contributed by atoms with Crippen LogP contribution >= 0.6 is 0 Å². The number of carbonyl (C=O) groups is 1. The van der Waals surface area contributed by atoms with Crippen molar-refractivity contribution in [3.63, 3.8) is 0 Å². The van der Waals surface area contributed by atoms with E-state index in [0.717, 1.165) is 19.3 Å². The van der Waals surface area contributed by atoms with Crippen LogP contribution < -0.4 is 26.9 Å². The van der Waals surface area contributed by atoms with Crippen LogP contribution in [0.3, 0.4) is 0 Å². The molecule has 0 bridgehead atoms. The van der Waals surface area contributed by atoms with Gasteiger partial charge in [0.2, 0.25) is 0 Å². The Hall–Kier alpha value is -0.0600. The van der Waals surface area contributed by atoms with Crippen molar-refractivity contribution in [3.8, 4) is 0 Å². The molecule has 0 aliphatic carbocycles. The zero-order valence-electron chi connectivity index (χ0n) is 7.13. The predicted molar refractivity (Wildman–Crippen MR) is 45.4 cm³/mol. The first-order valence-corrected chi connectivity index (χ1v) is 7.00. The van der Waals surface area contributed by atoms with Crippen LogP contribution in [0.4, 0.5) is 0 Å². The van der Waals surface area contributed by atoms with E-state index in [4.69, 9.17) is 5.73 Å². The normalized spacial score (nSPS) is 31.3. The summed E-state index contributed by atoms with van der Waals surface area (Å²) in [5, 5.41) is 0. The summed E-state index contributed by atoms with van der Waals surface area (Å²) in [6.07, 6.45) is 5.18. The molecule has 1 aliphatic rings. The third-order valence-electron chi connectivity index (χ3n) is 2.21. The van der Waals surface area contributed by atoms with Gasteiger partial charge in [-0.1, -0.05) is 0 Å². The van der Waals surface area contributed by atoms with Crippen LogP contribution in [0.2, 0.25) is 0 Å². The van der Waals surface area contributed by atoms with E-state index in [9.17, 15) is 4.79 Å². The summed E-state index contributed by atoms with van der Waals surface area (Å²) in [6, 6.07) is 0. The summed E-state index contributed by atoms with van der Waals surface area (Å²) in [6.45, 7) is 3.81. The van der Waals surface area contributed by atoms with Gasteiger partial charge in [0.1, 0.15) is 0 Å². The molecule has 2 atom stereocenters. The van der Waals surface area contributed by atoms with Crippen LogP contribution in [0.15, 0.2) is 12.7 Å². The molecule has 1 saturated heterocycles. The molecule has 2 N–H and O–H groups in total. The topological polar surface area (TPSA) is 43.1 Å². The van der Waals surface area contributed by atoms with Crippen LogP contribution in [-0.2, 0) is 4.79 Å². The van der Waals surface area contributed by atoms with Crippen LogP contribution in [0.25, 0.3) is 0 Å². The first kappa shape index (κ1) is 10.0. The Kier molecular flexibility index (Phi) is 4.05. The molecule has 1 heterocycles. The van der Waals surface area contributed by atoms with Gasteiger partial charge in [0.05, 0.1) is 0 Å². The molecule has 0 saturated carbocycles. The molecule has 2 unspecified atom stereocenters. The number of alkyl halides is 2. The van der Waals surface area contributed by atoms with Crippen LogP contribution in [0.1, 0.15) is 19.3 Å². The summed E-state index contributed by atoms with van der Waals surface area (Å²) in [7, 11) is 0. The van der Waals surface area contributed by atoms with Crippen molar-refractivity contribution in [1.29, 1.82) is 0 Å². The Morgan fingerprint density at radius 2 is 2.25 bits per heavy atom. The third-order valence-corrected chi connectivity index (χ3v) is 5.72. The summed E-state index contributed by atoms with van der Waals surface area (Å²) in [5.74, 6) is 0.0402. The number of hydrogen-bond acceptors (Lipinski definition) is 1. The number of hydrogen-bond donors (Lipinski definition) is 1. The molecule has 1 fully saturated rings. The van der Waals surface area contributed by atoms with Gasteiger partial charge in [-0.2, -0.15) is 0 Å². The van der Waals surface area contributed by atoms with Gasteiger partial charge in [-0.25, -0.2) is 0 Å².